The van der Waals surface area contributed by atoms with Gasteiger partial charge in [-0.3, -0.25) is 0 Å². The summed E-state index contributed by atoms with van der Waals surface area (Å²) in [6.45, 7) is 0.334. The van der Waals surface area contributed by atoms with Crippen molar-refractivity contribution in [3.8, 4) is 6.07 Å². The van der Waals surface area contributed by atoms with E-state index in [1.165, 1.54) is 18.4 Å². The maximum Gasteiger partial charge on any atom is 0.281 e. The first-order chi connectivity index (χ1) is 9.28. The molecule has 0 atom stereocenters. The molecule has 0 heterocycles. The summed E-state index contributed by atoms with van der Waals surface area (Å²) in [5.74, 6) is 0. The zero-order chi connectivity index (χ0) is 15.3. The molecule has 110 valence electrons. The van der Waals surface area contributed by atoms with Crippen molar-refractivity contribution in [2.45, 2.75) is 13.0 Å². The Morgan fingerprint density at radius 3 is 2.40 bits per heavy atom. The fourth-order valence-corrected chi connectivity index (χ4v) is 2.97. The monoisotopic (exact) mass is 335 g/mol. The summed E-state index contributed by atoms with van der Waals surface area (Å²) in [4.78, 5) is 0. The Morgan fingerprint density at radius 2 is 1.85 bits per heavy atom. The topological polar surface area (TPSA) is 64.4 Å². The highest BCUT2D eigenvalue weighted by molar-refractivity contribution is 7.86. The van der Waals surface area contributed by atoms with Crippen molar-refractivity contribution in [2.24, 2.45) is 0 Å². The van der Waals surface area contributed by atoms with Gasteiger partial charge in [-0.2, -0.15) is 22.3 Å². The Balaban J connectivity index is 2.81. The SMILES string of the molecule is CN(CCC#N)S(=O)(=O)N(C)Cc1ccc(Cl)c(Cl)c1. The minimum absolute atomic E-state index is 0.149. The molecule has 0 aliphatic heterocycles. The quantitative estimate of drug-likeness (QED) is 0.802. The van der Waals surface area contributed by atoms with Gasteiger partial charge in [0.25, 0.3) is 10.2 Å². The van der Waals surface area contributed by atoms with Crippen LogP contribution < -0.4 is 0 Å². The summed E-state index contributed by atoms with van der Waals surface area (Å²) in [5, 5.41) is 9.30. The van der Waals surface area contributed by atoms with Gasteiger partial charge < -0.3 is 0 Å². The van der Waals surface area contributed by atoms with E-state index in [1.807, 2.05) is 6.07 Å². The van der Waals surface area contributed by atoms with E-state index in [-0.39, 0.29) is 19.5 Å². The van der Waals surface area contributed by atoms with Gasteiger partial charge in [0.15, 0.2) is 0 Å². The molecule has 0 bridgehead atoms. The van der Waals surface area contributed by atoms with Crippen molar-refractivity contribution in [2.75, 3.05) is 20.6 Å². The van der Waals surface area contributed by atoms with Crippen LogP contribution in [0.25, 0.3) is 0 Å². The minimum Gasteiger partial charge on any atom is -0.198 e. The molecule has 0 spiro atoms. The number of hydrogen-bond donors (Lipinski definition) is 0. The molecule has 1 aromatic rings. The summed E-state index contributed by atoms with van der Waals surface area (Å²) >= 11 is 11.7. The third-order valence-electron chi connectivity index (χ3n) is 2.72. The second-order valence-electron chi connectivity index (χ2n) is 4.24. The third-order valence-corrected chi connectivity index (χ3v) is 5.34. The molecule has 20 heavy (non-hydrogen) atoms. The van der Waals surface area contributed by atoms with Crippen LogP contribution in [0.3, 0.4) is 0 Å². The minimum atomic E-state index is -3.59. The molecular weight excluding hydrogens is 321 g/mol. The molecule has 5 nitrogen and oxygen atoms in total. The average molecular weight is 336 g/mol. The van der Waals surface area contributed by atoms with Crippen LogP contribution in [0.4, 0.5) is 0 Å². The molecule has 0 saturated heterocycles. The van der Waals surface area contributed by atoms with Gasteiger partial charge in [0.05, 0.1) is 16.1 Å². The van der Waals surface area contributed by atoms with Gasteiger partial charge in [0, 0.05) is 33.6 Å². The largest absolute Gasteiger partial charge is 0.281 e. The fraction of sp³-hybridized carbons (Fsp3) is 0.417. The Hall–Kier alpha value is -0.840. The molecule has 1 rings (SSSR count). The van der Waals surface area contributed by atoms with Crippen LogP contribution in [0.5, 0.6) is 0 Å². The standard InChI is InChI=1S/C12H15Cl2N3O2S/c1-16(7-3-6-15)20(18,19)17(2)9-10-4-5-11(13)12(14)8-10/h4-5,8H,3,7,9H2,1-2H3. The lowest BCUT2D eigenvalue weighted by Gasteiger charge is -2.23. The van der Waals surface area contributed by atoms with E-state index < -0.39 is 10.2 Å². The highest BCUT2D eigenvalue weighted by atomic mass is 35.5. The van der Waals surface area contributed by atoms with Crippen molar-refractivity contribution in [1.82, 2.24) is 8.61 Å². The van der Waals surface area contributed by atoms with Crippen molar-refractivity contribution in [3.05, 3.63) is 33.8 Å². The van der Waals surface area contributed by atoms with Crippen LogP contribution in [-0.4, -0.2) is 37.7 Å². The molecule has 0 N–H and O–H groups in total. The van der Waals surface area contributed by atoms with Crippen LogP contribution in [0, 0.1) is 11.3 Å². The summed E-state index contributed by atoms with van der Waals surface area (Å²) in [7, 11) is -0.678. The van der Waals surface area contributed by atoms with E-state index in [0.29, 0.717) is 10.0 Å². The zero-order valence-corrected chi connectivity index (χ0v) is 13.5. The Bertz CT molecular complexity index is 614. The molecule has 0 aromatic heterocycles. The van der Waals surface area contributed by atoms with Crippen molar-refractivity contribution < 1.29 is 8.42 Å². The van der Waals surface area contributed by atoms with Crippen LogP contribution in [0.1, 0.15) is 12.0 Å². The number of benzene rings is 1. The molecule has 0 amide bonds. The number of rotatable bonds is 6. The van der Waals surface area contributed by atoms with E-state index >= 15 is 0 Å². The lowest BCUT2D eigenvalue weighted by molar-refractivity contribution is 0.392. The molecule has 1 aromatic carbocycles. The van der Waals surface area contributed by atoms with Gasteiger partial charge in [-0.15, -0.1) is 0 Å². The first-order valence-electron chi connectivity index (χ1n) is 5.77. The van der Waals surface area contributed by atoms with Crippen LogP contribution in [0.2, 0.25) is 10.0 Å². The van der Waals surface area contributed by atoms with E-state index in [1.54, 1.807) is 18.2 Å². The molecule has 0 fully saturated rings. The van der Waals surface area contributed by atoms with Gasteiger partial charge in [0.1, 0.15) is 0 Å². The highest BCUT2D eigenvalue weighted by Gasteiger charge is 2.23. The maximum atomic E-state index is 12.2. The second kappa shape index (κ2) is 7.25. The first-order valence-corrected chi connectivity index (χ1v) is 7.92. The first kappa shape index (κ1) is 17.2. The number of halogens is 2. The van der Waals surface area contributed by atoms with Crippen molar-refractivity contribution in [3.63, 3.8) is 0 Å². The Kier molecular flexibility index (Phi) is 6.24. The molecule has 8 heteroatoms. The van der Waals surface area contributed by atoms with E-state index in [0.717, 1.165) is 9.87 Å². The van der Waals surface area contributed by atoms with E-state index in [9.17, 15) is 8.42 Å². The van der Waals surface area contributed by atoms with E-state index in [2.05, 4.69) is 0 Å². The van der Waals surface area contributed by atoms with Crippen molar-refractivity contribution in [1.29, 1.82) is 5.26 Å². The van der Waals surface area contributed by atoms with Crippen molar-refractivity contribution >= 4 is 33.4 Å². The maximum absolute atomic E-state index is 12.2. The predicted octanol–water partition coefficient (Wildman–Crippen LogP) is 2.52. The Labute approximate surface area is 129 Å². The fourth-order valence-electron chi connectivity index (χ4n) is 1.54. The van der Waals surface area contributed by atoms with Crippen LogP contribution in [-0.2, 0) is 16.8 Å². The number of hydrogen-bond acceptors (Lipinski definition) is 3. The molecule has 0 unspecified atom stereocenters. The summed E-state index contributed by atoms with van der Waals surface area (Å²) in [5.41, 5.74) is 0.735. The lowest BCUT2D eigenvalue weighted by Crippen LogP contribution is -2.39. The highest BCUT2D eigenvalue weighted by Crippen LogP contribution is 2.23. The predicted molar refractivity (Wildman–Crippen MR) is 79.7 cm³/mol. The number of nitriles is 1. The van der Waals surface area contributed by atoms with Gasteiger partial charge in [-0.1, -0.05) is 29.3 Å². The Morgan fingerprint density at radius 1 is 1.20 bits per heavy atom. The van der Waals surface area contributed by atoms with Gasteiger partial charge in [-0.25, -0.2) is 0 Å². The van der Waals surface area contributed by atoms with Gasteiger partial charge in [-0.05, 0) is 17.7 Å². The van der Waals surface area contributed by atoms with E-state index in [4.69, 9.17) is 28.5 Å². The van der Waals surface area contributed by atoms with Crippen LogP contribution in [0.15, 0.2) is 18.2 Å². The lowest BCUT2D eigenvalue weighted by atomic mass is 10.2. The molecule has 0 saturated carbocycles. The molecule has 0 radical (unpaired) electrons. The second-order valence-corrected chi connectivity index (χ2v) is 7.20. The average Bonchev–Trinajstić information content (AvgIpc) is 2.39. The molecule has 0 aliphatic carbocycles. The summed E-state index contributed by atoms with van der Waals surface area (Å²) < 4.78 is 26.7. The zero-order valence-electron chi connectivity index (χ0n) is 11.2. The molecule has 0 aliphatic rings. The number of nitrogens with zero attached hydrogens (tertiary/aromatic N) is 3. The molecular formula is C12H15Cl2N3O2S. The van der Waals surface area contributed by atoms with Crippen LogP contribution >= 0.6 is 23.2 Å². The third kappa shape index (κ3) is 4.33. The normalized spacial score (nSPS) is 11.8. The summed E-state index contributed by atoms with van der Waals surface area (Å²) in [6.07, 6.45) is 0.149. The smallest absolute Gasteiger partial charge is 0.198 e. The van der Waals surface area contributed by atoms with Gasteiger partial charge in [0.2, 0.25) is 0 Å². The van der Waals surface area contributed by atoms with Gasteiger partial charge >= 0.3 is 0 Å². The summed E-state index contributed by atoms with van der Waals surface area (Å²) in [6, 6.07) is 6.89.